The van der Waals surface area contributed by atoms with E-state index < -0.39 is 39.1 Å². The van der Waals surface area contributed by atoms with Gasteiger partial charge in [-0.25, -0.2) is 26.9 Å². The van der Waals surface area contributed by atoms with Crippen molar-refractivity contribution in [3.63, 3.8) is 0 Å². The molecule has 2 rings (SSSR count). The number of imidazole rings is 1. The molecule has 0 aliphatic carbocycles. The van der Waals surface area contributed by atoms with E-state index in [9.17, 15) is 26.0 Å². The lowest BCUT2D eigenvalue weighted by Crippen LogP contribution is -2.41. The van der Waals surface area contributed by atoms with Crippen LogP contribution in [0.4, 0.5) is 17.6 Å². The maximum Gasteiger partial charge on any atom is 0.320 e. The van der Waals surface area contributed by atoms with E-state index >= 15 is 0 Å². The van der Waals surface area contributed by atoms with Gasteiger partial charge in [-0.05, 0) is 0 Å². The fourth-order valence-electron chi connectivity index (χ4n) is 1.32. The van der Waals surface area contributed by atoms with Gasteiger partial charge in [0.1, 0.15) is 0 Å². The number of hydrogen-bond donors (Lipinski definition) is 1. The minimum absolute atomic E-state index is 0.232. The van der Waals surface area contributed by atoms with Crippen molar-refractivity contribution in [1.82, 2.24) is 14.1 Å². The predicted octanol–water partition coefficient (Wildman–Crippen LogP) is 2.23. The van der Waals surface area contributed by atoms with Crippen molar-refractivity contribution in [3.8, 4) is 0 Å². The molecule has 0 amide bonds. The molecule has 20 heavy (non-hydrogen) atoms. The van der Waals surface area contributed by atoms with Crippen LogP contribution in [0.1, 0.15) is 0 Å². The fraction of sp³-hybridized carbons (Fsp3) is 0.375. The van der Waals surface area contributed by atoms with Crippen LogP contribution in [0.5, 0.6) is 0 Å². The average Bonchev–Trinajstić information content (AvgIpc) is 2.85. The molecule has 0 bridgehead atoms. The molecule has 2 aromatic heterocycles. The van der Waals surface area contributed by atoms with Crippen molar-refractivity contribution >= 4 is 37.9 Å². The van der Waals surface area contributed by atoms with Gasteiger partial charge in [0.25, 0.3) is 10.0 Å². The van der Waals surface area contributed by atoms with Gasteiger partial charge >= 0.3 is 12.3 Å². The lowest BCUT2D eigenvalue weighted by atomic mass is 10.4. The maximum atomic E-state index is 12.7. The number of nitrogens with one attached hydrogen (secondary N) is 1. The van der Waals surface area contributed by atoms with Crippen LogP contribution in [0, 0.1) is 0 Å². The SMILES string of the molecule is O=S(=O)(NCC(F)(F)C(F)F)c1c(Cl)nc2sccn12. The molecule has 0 saturated carbocycles. The summed E-state index contributed by atoms with van der Waals surface area (Å²) in [7, 11) is -4.50. The van der Waals surface area contributed by atoms with E-state index in [0.29, 0.717) is 0 Å². The van der Waals surface area contributed by atoms with Gasteiger partial charge in [0, 0.05) is 11.6 Å². The quantitative estimate of drug-likeness (QED) is 0.840. The van der Waals surface area contributed by atoms with Crippen molar-refractivity contribution in [2.24, 2.45) is 0 Å². The first-order chi connectivity index (χ1) is 9.15. The van der Waals surface area contributed by atoms with Crippen LogP contribution < -0.4 is 4.72 Å². The topological polar surface area (TPSA) is 63.5 Å². The molecule has 0 spiro atoms. The van der Waals surface area contributed by atoms with E-state index in [4.69, 9.17) is 11.6 Å². The lowest BCUT2D eigenvalue weighted by molar-refractivity contribution is -0.122. The molecule has 2 aromatic rings. The summed E-state index contributed by atoms with van der Waals surface area (Å²) >= 11 is 6.70. The predicted molar refractivity (Wildman–Crippen MR) is 64.2 cm³/mol. The first-order valence-electron chi connectivity index (χ1n) is 4.92. The normalized spacial score (nSPS) is 13.5. The molecular formula is C8H6ClF4N3O2S2. The van der Waals surface area contributed by atoms with E-state index in [2.05, 4.69) is 4.98 Å². The van der Waals surface area contributed by atoms with Gasteiger partial charge < -0.3 is 0 Å². The van der Waals surface area contributed by atoms with E-state index in [1.165, 1.54) is 16.3 Å². The number of fused-ring (bicyclic) bond motifs is 1. The summed E-state index contributed by atoms with van der Waals surface area (Å²) in [5.74, 6) is -4.47. The van der Waals surface area contributed by atoms with Gasteiger partial charge in [0.15, 0.2) is 15.1 Å². The van der Waals surface area contributed by atoms with Crippen LogP contribution in [-0.2, 0) is 10.0 Å². The fourth-order valence-corrected chi connectivity index (χ4v) is 3.81. The number of aromatic nitrogens is 2. The molecule has 0 unspecified atom stereocenters. The summed E-state index contributed by atoms with van der Waals surface area (Å²) in [6.45, 7) is -1.74. The Bertz CT molecular complexity index is 727. The van der Waals surface area contributed by atoms with Crippen LogP contribution in [0.15, 0.2) is 16.6 Å². The average molecular weight is 352 g/mol. The molecule has 0 radical (unpaired) electrons. The molecule has 1 N–H and O–H groups in total. The first kappa shape index (κ1) is 15.5. The van der Waals surface area contributed by atoms with E-state index in [-0.39, 0.29) is 4.96 Å². The van der Waals surface area contributed by atoms with Crippen molar-refractivity contribution < 1.29 is 26.0 Å². The second-order valence-electron chi connectivity index (χ2n) is 3.65. The highest BCUT2D eigenvalue weighted by Gasteiger charge is 2.42. The van der Waals surface area contributed by atoms with Gasteiger partial charge in [-0.1, -0.05) is 11.6 Å². The van der Waals surface area contributed by atoms with Crippen molar-refractivity contribution in [2.45, 2.75) is 17.4 Å². The number of halogens is 5. The molecule has 5 nitrogen and oxygen atoms in total. The zero-order chi connectivity index (χ0) is 15.1. The number of rotatable bonds is 5. The molecule has 0 aliphatic rings. The molecule has 0 fully saturated rings. The van der Waals surface area contributed by atoms with E-state index in [1.807, 2.05) is 0 Å². The Morgan fingerprint density at radius 2 is 2.15 bits per heavy atom. The first-order valence-corrected chi connectivity index (χ1v) is 7.66. The van der Waals surface area contributed by atoms with Crippen molar-refractivity contribution in [2.75, 3.05) is 6.54 Å². The minimum Gasteiger partial charge on any atom is -0.279 e. The van der Waals surface area contributed by atoms with E-state index in [1.54, 1.807) is 0 Å². The Morgan fingerprint density at radius 3 is 2.75 bits per heavy atom. The summed E-state index contributed by atoms with van der Waals surface area (Å²) < 4.78 is 75.7. The number of hydrogen-bond acceptors (Lipinski definition) is 4. The number of alkyl halides is 4. The van der Waals surface area contributed by atoms with Crippen LogP contribution in [0.2, 0.25) is 5.15 Å². The molecule has 0 aliphatic heterocycles. The zero-order valence-corrected chi connectivity index (χ0v) is 11.7. The monoisotopic (exact) mass is 351 g/mol. The van der Waals surface area contributed by atoms with Gasteiger partial charge in [-0.3, -0.25) is 4.40 Å². The maximum absolute atomic E-state index is 12.7. The molecule has 0 atom stereocenters. The molecular weight excluding hydrogens is 346 g/mol. The molecule has 0 aromatic carbocycles. The van der Waals surface area contributed by atoms with Crippen LogP contribution in [0.3, 0.4) is 0 Å². The number of sulfonamides is 1. The lowest BCUT2D eigenvalue weighted by Gasteiger charge is -2.15. The number of thiazole rings is 1. The highest BCUT2D eigenvalue weighted by Crippen LogP contribution is 2.26. The number of nitrogens with zero attached hydrogens (tertiary/aromatic N) is 2. The van der Waals surface area contributed by atoms with Gasteiger partial charge in [0.2, 0.25) is 0 Å². The Balaban J connectivity index is 2.32. The van der Waals surface area contributed by atoms with Crippen LogP contribution in [-0.4, -0.2) is 36.7 Å². The smallest absolute Gasteiger partial charge is 0.279 e. The third-order valence-corrected chi connectivity index (χ3v) is 4.81. The third-order valence-electron chi connectivity index (χ3n) is 2.25. The van der Waals surface area contributed by atoms with Crippen molar-refractivity contribution in [3.05, 3.63) is 16.7 Å². The van der Waals surface area contributed by atoms with E-state index in [0.717, 1.165) is 15.7 Å². The summed E-state index contributed by atoms with van der Waals surface area (Å²) in [5, 5.41) is 0.510. The van der Waals surface area contributed by atoms with Gasteiger partial charge in [-0.2, -0.15) is 8.78 Å². The van der Waals surface area contributed by atoms with Crippen LogP contribution in [0.25, 0.3) is 4.96 Å². The Labute approximate surface area is 119 Å². The second kappa shape index (κ2) is 5.13. The molecule has 112 valence electrons. The summed E-state index contributed by atoms with van der Waals surface area (Å²) in [6.07, 6.45) is -2.66. The summed E-state index contributed by atoms with van der Waals surface area (Å²) in [5.41, 5.74) is 0. The summed E-state index contributed by atoms with van der Waals surface area (Å²) in [6, 6.07) is 0. The highest BCUT2D eigenvalue weighted by molar-refractivity contribution is 7.89. The second-order valence-corrected chi connectivity index (χ2v) is 6.56. The Kier molecular flexibility index (Phi) is 3.97. The largest absolute Gasteiger partial charge is 0.320 e. The highest BCUT2D eigenvalue weighted by atomic mass is 35.5. The molecule has 2 heterocycles. The summed E-state index contributed by atoms with van der Waals surface area (Å²) in [4.78, 5) is 3.94. The molecule has 12 heteroatoms. The van der Waals surface area contributed by atoms with Gasteiger partial charge in [-0.15, -0.1) is 11.3 Å². The van der Waals surface area contributed by atoms with Gasteiger partial charge in [0.05, 0.1) is 6.54 Å². The minimum atomic E-state index is -4.50. The standard InChI is InChI=1S/C8H6ClF4N3O2S2/c9-4-5(16-1-2-19-7(16)15-4)20(17,18)14-3-8(12,13)6(10)11/h1-2,6,14H,3H2. The van der Waals surface area contributed by atoms with Crippen LogP contribution >= 0.6 is 22.9 Å². The Morgan fingerprint density at radius 1 is 1.50 bits per heavy atom. The third kappa shape index (κ3) is 2.75. The molecule has 0 saturated heterocycles. The van der Waals surface area contributed by atoms with Crippen molar-refractivity contribution in [1.29, 1.82) is 0 Å². The zero-order valence-electron chi connectivity index (χ0n) is 9.36. The Hall–Kier alpha value is -0.910.